The first-order valence-corrected chi connectivity index (χ1v) is 10.8. The Morgan fingerprint density at radius 1 is 1.00 bits per heavy atom. The molecule has 3 fully saturated rings. The molecule has 0 aromatic heterocycles. The summed E-state index contributed by atoms with van der Waals surface area (Å²) in [4.78, 5) is 14.8. The second-order valence-electron chi connectivity index (χ2n) is 7.74. The van der Waals surface area contributed by atoms with Crippen LogP contribution < -0.4 is 0 Å². The second-order valence-corrected chi connectivity index (χ2v) is 9.67. The van der Waals surface area contributed by atoms with E-state index in [2.05, 4.69) is 0 Å². The van der Waals surface area contributed by atoms with E-state index >= 15 is 0 Å². The van der Waals surface area contributed by atoms with Gasteiger partial charge in [0.15, 0.2) is 0 Å². The molecular weight excluding hydrogens is 336 g/mol. The van der Waals surface area contributed by atoms with Gasteiger partial charge in [-0.2, -0.15) is 4.31 Å². The Kier molecular flexibility index (Phi) is 4.58. The van der Waals surface area contributed by atoms with Gasteiger partial charge in [0.1, 0.15) is 0 Å². The van der Waals surface area contributed by atoms with Crippen molar-refractivity contribution in [2.75, 3.05) is 26.2 Å². The highest BCUT2D eigenvalue weighted by atomic mass is 32.2. The average Bonchev–Trinajstić information content (AvgIpc) is 3.25. The topological polar surface area (TPSA) is 57.7 Å². The summed E-state index contributed by atoms with van der Waals surface area (Å²) in [7, 11) is -3.45. The van der Waals surface area contributed by atoms with Crippen LogP contribution in [0.5, 0.6) is 0 Å². The fraction of sp³-hybridized carbons (Fsp3) is 0.632. The van der Waals surface area contributed by atoms with Crippen molar-refractivity contribution >= 4 is 15.9 Å². The number of hydrogen-bond donors (Lipinski definition) is 0. The first-order valence-electron chi connectivity index (χ1n) is 9.37. The molecule has 3 atom stereocenters. The van der Waals surface area contributed by atoms with Gasteiger partial charge in [0.25, 0.3) is 0 Å². The fourth-order valence-electron chi connectivity index (χ4n) is 4.90. The van der Waals surface area contributed by atoms with Crippen molar-refractivity contribution in [1.82, 2.24) is 9.21 Å². The van der Waals surface area contributed by atoms with Crippen LogP contribution >= 0.6 is 0 Å². The Morgan fingerprint density at radius 2 is 1.72 bits per heavy atom. The Bertz CT molecular complexity index is 726. The lowest BCUT2D eigenvalue weighted by atomic mass is 9.86. The van der Waals surface area contributed by atoms with Gasteiger partial charge >= 0.3 is 0 Å². The monoisotopic (exact) mass is 362 g/mol. The van der Waals surface area contributed by atoms with Crippen molar-refractivity contribution in [1.29, 1.82) is 0 Å². The molecule has 5 nitrogen and oxygen atoms in total. The van der Waals surface area contributed by atoms with Crippen LogP contribution in [0.15, 0.2) is 35.2 Å². The van der Waals surface area contributed by atoms with Crippen molar-refractivity contribution in [3.05, 3.63) is 30.3 Å². The van der Waals surface area contributed by atoms with Crippen molar-refractivity contribution in [3.63, 3.8) is 0 Å². The van der Waals surface area contributed by atoms with E-state index in [0.717, 1.165) is 11.8 Å². The highest BCUT2D eigenvalue weighted by Crippen LogP contribution is 2.49. The minimum absolute atomic E-state index is 0.217. The molecule has 1 amide bonds. The third-order valence-corrected chi connectivity index (χ3v) is 8.21. The summed E-state index contributed by atoms with van der Waals surface area (Å²) < 4.78 is 26.8. The van der Waals surface area contributed by atoms with Gasteiger partial charge in [-0.15, -0.1) is 0 Å². The lowest BCUT2D eigenvalue weighted by molar-refractivity contribution is -0.133. The van der Waals surface area contributed by atoms with Crippen molar-refractivity contribution < 1.29 is 13.2 Å². The number of nitrogens with zero attached hydrogens (tertiary/aromatic N) is 2. The molecule has 1 saturated heterocycles. The zero-order chi connectivity index (χ0) is 17.4. The molecule has 1 aromatic rings. The van der Waals surface area contributed by atoms with Gasteiger partial charge in [-0.1, -0.05) is 24.6 Å². The van der Waals surface area contributed by atoms with E-state index in [-0.39, 0.29) is 5.91 Å². The maximum atomic E-state index is 12.7. The van der Waals surface area contributed by atoms with E-state index < -0.39 is 10.0 Å². The van der Waals surface area contributed by atoms with Gasteiger partial charge in [0.2, 0.25) is 15.9 Å². The minimum Gasteiger partial charge on any atom is -0.340 e. The maximum absolute atomic E-state index is 12.7. The number of hydrogen-bond acceptors (Lipinski definition) is 3. The van der Waals surface area contributed by atoms with Crippen LogP contribution in [0, 0.1) is 17.8 Å². The van der Waals surface area contributed by atoms with Crippen molar-refractivity contribution in [3.8, 4) is 0 Å². The van der Waals surface area contributed by atoms with Gasteiger partial charge in [-0.05, 0) is 49.1 Å². The molecule has 0 spiro atoms. The Labute approximate surface area is 150 Å². The van der Waals surface area contributed by atoms with Gasteiger partial charge in [-0.25, -0.2) is 8.42 Å². The third-order valence-electron chi connectivity index (χ3n) is 6.29. The predicted molar refractivity (Wildman–Crippen MR) is 95.3 cm³/mol. The molecule has 4 rings (SSSR count). The quantitative estimate of drug-likeness (QED) is 0.826. The van der Waals surface area contributed by atoms with Crippen LogP contribution in [0.25, 0.3) is 0 Å². The molecule has 2 aliphatic carbocycles. The number of carbonyl (C=O) groups is 1. The fourth-order valence-corrected chi connectivity index (χ4v) is 6.34. The molecule has 25 heavy (non-hydrogen) atoms. The zero-order valence-electron chi connectivity index (χ0n) is 14.5. The Morgan fingerprint density at radius 3 is 2.32 bits per heavy atom. The van der Waals surface area contributed by atoms with Crippen LogP contribution in [0.2, 0.25) is 0 Å². The van der Waals surface area contributed by atoms with Crippen LogP contribution in [0.1, 0.15) is 32.1 Å². The van der Waals surface area contributed by atoms with Gasteiger partial charge < -0.3 is 4.90 Å². The highest BCUT2D eigenvalue weighted by molar-refractivity contribution is 7.89. The van der Waals surface area contributed by atoms with Gasteiger partial charge in [-0.3, -0.25) is 4.79 Å². The predicted octanol–water partition coefficient (Wildman–Crippen LogP) is 2.35. The Hall–Kier alpha value is -1.40. The molecule has 1 heterocycles. The molecule has 0 radical (unpaired) electrons. The summed E-state index contributed by atoms with van der Waals surface area (Å²) in [6.45, 7) is 1.79. The molecule has 136 valence electrons. The lowest BCUT2D eigenvalue weighted by Crippen LogP contribution is -2.50. The van der Waals surface area contributed by atoms with E-state index in [0.29, 0.717) is 43.4 Å². The molecule has 6 heteroatoms. The molecule has 1 aromatic carbocycles. The summed E-state index contributed by atoms with van der Waals surface area (Å²) in [6.07, 6.45) is 5.85. The van der Waals surface area contributed by atoms with Gasteiger partial charge in [0, 0.05) is 32.6 Å². The van der Waals surface area contributed by atoms with E-state index in [1.807, 2.05) is 11.0 Å². The number of fused-ring (bicyclic) bond motifs is 2. The van der Waals surface area contributed by atoms with Crippen LogP contribution in [0.3, 0.4) is 0 Å². The largest absolute Gasteiger partial charge is 0.340 e. The summed E-state index contributed by atoms with van der Waals surface area (Å²) in [6, 6.07) is 8.54. The van der Waals surface area contributed by atoms with Crippen molar-refractivity contribution in [2.45, 2.75) is 37.0 Å². The third kappa shape index (κ3) is 3.34. The van der Waals surface area contributed by atoms with E-state index in [1.165, 1.54) is 30.0 Å². The molecular formula is C19H26N2O3S. The van der Waals surface area contributed by atoms with Crippen LogP contribution in [0.4, 0.5) is 0 Å². The number of rotatable bonds is 4. The molecule has 1 aliphatic heterocycles. The van der Waals surface area contributed by atoms with E-state index in [4.69, 9.17) is 0 Å². The molecule has 2 saturated carbocycles. The first-order chi connectivity index (χ1) is 12.0. The zero-order valence-corrected chi connectivity index (χ0v) is 15.3. The molecule has 3 aliphatic rings. The summed E-state index contributed by atoms with van der Waals surface area (Å²) in [5, 5.41) is 0. The molecule has 0 N–H and O–H groups in total. The number of piperazine rings is 1. The summed E-state index contributed by atoms with van der Waals surface area (Å²) >= 11 is 0. The van der Waals surface area contributed by atoms with E-state index in [9.17, 15) is 13.2 Å². The van der Waals surface area contributed by atoms with Crippen molar-refractivity contribution in [2.24, 2.45) is 17.8 Å². The summed E-state index contributed by atoms with van der Waals surface area (Å²) in [5.41, 5.74) is 0. The number of amides is 1. The number of carbonyl (C=O) groups excluding carboxylic acids is 1. The standard InChI is InChI=1S/C19H26N2O3S/c22-19(14-17-13-15-6-7-16(17)12-15)20-8-10-21(11-9-20)25(23,24)18-4-2-1-3-5-18/h1-5,15-17H,6-14H2/t15-,16-,17+/m1/s1. The summed E-state index contributed by atoms with van der Waals surface area (Å²) in [5.74, 6) is 2.40. The molecule has 2 bridgehead atoms. The lowest BCUT2D eigenvalue weighted by Gasteiger charge is -2.35. The SMILES string of the molecule is O=C(C[C@@H]1C[C@@H]2CC[C@@H]1C2)N1CCN(S(=O)(=O)c2ccccc2)CC1. The normalized spacial score (nSPS) is 29.9. The smallest absolute Gasteiger partial charge is 0.243 e. The van der Waals surface area contributed by atoms with Gasteiger partial charge in [0.05, 0.1) is 4.90 Å². The minimum atomic E-state index is -3.45. The number of benzene rings is 1. The highest BCUT2D eigenvalue weighted by Gasteiger charge is 2.41. The van der Waals surface area contributed by atoms with Crippen LogP contribution in [-0.4, -0.2) is 49.7 Å². The average molecular weight is 362 g/mol. The maximum Gasteiger partial charge on any atom is 0.243 e. The first kappa shape index (κ1) is 17.0. The molecule has 0 unspecified atom stereocenters. The number of sulfonamides is 1. The Balaban J connectivity index is 1.33. The van der Waals surface area contributed by atoms with Crippen LogP contribution in [-0.2, 0) is 14.8 Å². The second kappa shape index (κ2) is 6.72. The van der Waals surface area contributed by atoms with E-state index in [1.54, 1.807) is 24.3 Å².